The number of halogens is 1. The summed E-state index contributed by atoms with van der Waals surface area (Å²) in [5.41, 5.74) is 4.95. The Morgan fingerprint density at radius 2 is 1.89 bits per heavy atom. The van der Waals surface area contributed by atoms with Gasteiger partial charge in [0, 0.05) is 19.2 Å². The number of hydrogen-bond donors (Lipinski definition) is 3. The number of hydrogen-bond acceptors (Lipinski definition) is 3. The van der Waals surface area contributed by atoms with E-state index in [9.17, 15) is 0 Å². The van der Waals surface area contributed by atoms with Crippen LogP contribution >= 0.6 is 25.0 Å². The molecular formula is C4H12ClNO2S. The van der Waals surface area contributed by atoms with E-state index >= 15 is 0 Å². The van der Waals surface area contributed by atoms with Gasteiger partial charge in [0.1, 0.15) is 0 Å². The van der Waals surface area contributed by atoms with Crippen LogP contribution in [0.4, 0.5) is 0 Å². The zero-order valence-corrected chi connectivity index (χ0v) is 6.91. The molecule has 0 rings (SSSR count). The minimum atomic E-state index is -0.833. The average molecular weight is 174 g/mol. The summed E-state index contributed by atoms with van der Waals surface area (Å²) < 4.78 is 0. The number of carboxylic acids is 1. The molecule has 5 heteroatoms. The van der Waals surface area contributed by atoms with Crippen molar-refractivity contribution in [3.8, 4) is 0 Å². The van der Waals surface area contributed by atoms with Crippen LogP contribution < -0.4 is 5.73 Å². The highest BCUT2D eigenvalue weighted by Gasteiger charge is 1.65. The van der Waals surface area contributed by atoms with Gasteiger partial charge in [-0.2, -0.15) is 12.6 Å². The van der Waals surface area contributed by atoms with Gasteiger partial charge in [0.2, 0.25) is 0 Å². The Hall–Kier alpha value is 0.0700. The number of carboxylic acid groups (broad SMARTS) is 1. The number of nitrogens with two attached hydrogens (primary N) is 1. The summed E-state index contributed by atoms with van der Waals surface area (Å²) in [6.45, 7) is 1.77. The summed E-state index contributed by atoms with van der Waals surface area (Å²) in [6.07, 6.45) is 0. The molecule has 0 unspecified atom stereocenters. The minimum Gasteiger partial charge on any atom is -0.481 e. The molecule has 0 saturated heterocycles. The molecule has 9 heavy (non-hydrogen) atoms. The van der Waals surface area contributed by atoms with Crippen molar-refractivity contribution in [1.29, 1.82) is 0 Å². The van der Waals surface area contributed by atoms with E-state index in [1.165, 1.54) is 0 Å². The summed E-state index contributed by atoms with van der Waals surface area (Å²) in [6, 6.07) is 0. The van der Waals surface area contributed by atoms with E-state index in [1.54, 1.807) is 0 Å². The molecular weight excluding hydrogens is 162 g/mol. The molecule has 3 nitrogen and oxygen atoms in total. The van der Waals surface area contributed by atoms with Gasteiger partial charge in [-0.05, 0) is 0 Å². The minimum absolute atomic E-state index is 0. The lowest BCUT2D eigenvalue weighted by Crippen LogP contribution is -1.97. The molecule has 0 saturated carbocycles. The molecule has 0 aliphatic heterocycles. The lowest BCUT2D eigenvalue weighted by molar-refractivity contribution is -0.134. The van der Waals surface area contributed by atoms with Gasteiger partial charge < -0.3 is 10.8 Å². The van der Waals surface area contributed by atoms with Gasteiger partial charge in [-0.1, -0.05) is 0 Å². The Balaban J connectivity index is -0.0000000720. The smallest absolute Gasteiger partial charge is 0.300 e. The quantitative estimate of drug-likeness (QED) is 0.503. The van der Waals surface area contributed by atoms with E-state index in [-0.39, 0.29) is 12.4 Å². The number of aliphatic carboxylic acids is 1. The molecule has 0 spiro atoms. The van der Waals surface area contributed by atoms with Gasteiger partial charge in [-0.25, -0.2) is 0 Å². The van der Waals surface area contributed by atoms with Crippen molar-refractivity contribution < 1.29 is 9.90 Å². The molecule has 0 atom stereocenters. The van der Waals surface area contributed by atoms with Crippen LogP contribution in [-0.2, 0) is 4.79 Å². The zero-order chi connectivity index (χ0) is 6.99. The number of carbonyl (C=O) groups is 1. The van der Waals surface area contributed by atoms with E-state index < -0.39 is 5.97 Å². The van der Waals surface area contributed by atoms with Crippen LogP contribution in [0.3, 0.4) is 0 Å². The van der Waals surface area contributed by atoms with E-state index in [0.717, 1.165) is 12.7 Å². The fraction of sp³-hybridized carbons (Fsp3) is 0.750. The van der Waals surface area contributed by atoms with E-state index in [4.69, 9.17) is 15.6 Å². The molecule has 0 aliphatic carbocycles. The van der Waals surface area contributed by atoms with Gasteiger partial charge in [-0.15, -0.1) is 12.4 Å². The van der Waals surface area contributed by atoms with Gasteiger partial charge in [0.15, 0.2) is 0 Å². The largest absolute Gasteiger partial charge is 0.481 e. The van der Waals surface area contributed by atoms with Crippen LogP contribution in [0, 0.1) is 0 Å². The molecule has 3 N–H and O–H groups in total. The lowest BCUT2D eigenvalue weighted by atomic mass is 10.8. The van der Waals surface area contributed by atoms with Crippen molar-refractivity contribution in [2.75, 3.05) is 12.3 Å². The Bertz CT molecular complexity index is 56.5. The molecule has 0 aromatic carbocycles. The molecule has 0 aliphatic rings. The first-order chi connectivity index (χ1) is 3.65. The fourth-order valence-electron chi connectivity index (χ4n) is 0. The second-order valence-electron chi connectivity index (χ2n) is 1.03. The predicted octanol–water partition coefficient (Wildman–Crippen LogP) is 0.388. The van der Waals surface area contributed by atoms with Gasteiger partial charge in [-0.3, -0.25) is 4.79 Å². The predicted molar refractivity (Wildman–Crippen MR) is 43.5 cm³/mol. The zero-order valence-electron chi connectivity index (χ0n) is 5.20. The first-order valence-corrected chi connectivity index (χ1v) is 2.78. The first kappa shape index (κ1) is 16.0. The van der Waals surface area contributed by atoms with Gasteiger partial charge >= 0.3 is 0 Å². The molecule has 0 fully saturated rings. The molecule has 0 heterocycles. The average Bonchev–Trinajstić information content (AvgIpc) is 1.65. The molecule has 0 radical (unpaired) electrons. The Kier molecular flexibility index (Phi) is 28.0. The van der Waals surface area contributed by atoms with E-state index in [0.29, 0.717) is 6.54 Å². The van der Waals surface area contributed by atoms with Crippen LogP contribution in [0.25, 0.3) is 0 Å². The maximum absolute atomic E-state index is 9.00. The molecule has 0 bridgehead atoms. The summed E-state index contributed by atoms with van der Waals surface area (Å²) in [5.74, 6) is -0.0417. The Morgan fingerprint density at radius 3 is 1.89 bits per heavy atom. The molecule has 0 amide bonds. The monoisotopic (exact) mass is 173 g/mol. The van der Waals surface area contributed by atoms with Crippen LogP contribution in [0.2, 0.25) is 0 Å². The van der Waals surface area contributed by atoms with E-state index in [1.807, 2.05) is 0 Å². The third kappa shape index (κ3) is 260. The summed E-state index contributed by atoms with van der Waals surface area (Å²) in [7, 11) is 0. The maximum atomic E-state index is 9.00. The van der Waals surface area contributed by atoms with Gasteiger partial charge in [0.25, 0.3) is 5.97 Å². The Labute approximate surface area is 66.4 Å². The van der Waals surface area contributed by atoms with Crippen molar-refractivity contribution in [2.45, 2.75) is 6.92 Å². The molecule has 0 aromatic rings. The molecule has 0 aromatic heterocycles. The second kappa shape index (κ2) is 15.7. The van der Waals surface area contributed by atoms with Crippen LogP contribution in [0.15, 0.2) is 0 Å². The number of rotatable bonds is 1. The van der Waals surface area contributed by atoms with Crippen molar-refractivity contribution in [2.24, 2.45) is 5.73 Å². The third-order valence-corrected chi connectivity index (χ3v) is 0.387. The van der Waals surface area contributed by atoms with Crippen molar-refractivity contribution in [3.63, 3.8) is 0 Å². The fourth-order valence-corrected chi connectivity index (χ4v) is 0. The summed E-state index contributed by atoms with van der Waals surface area (Å²) in [5, 5.41) is 7.42. The standard InChI is InChI=1S/C2H7NS.C2H4O2.ClH/c3-1-2-4;1-2(3)4;/h4H,1-3H2;1H3,(H,3,4);1H. The highest BCUT2D eigenvalue weighted by atomic mass is 35.5. The maximum Gasteiger partial charge on any atom is 0.300 e. The molecule has 58 valence electrons. The topological polar surface area (TPSA) is 63.3 Å². The second-order valence-corrected chi connectivity index (χ2v) is 1.48. The summed E-state index contributed by atoms with van der Waals surface area (Å²) >= 11 is 3.80. The highest BCUT2D eigenvalue weighted by Crippen LogP contribution is 1.58. The van der Waals surface area contributed by atoms with Crippen molar-refractivity contribution in [3.05, 3.63) is 0 Å². The highest BCUT2D eigenvalue weighted by molar-refractivity contribution is 7.80. The van der Waals surface area contributed by atoms with Crippen LogP contribution in [0.5, 0.6) is 0 Å². The Morgan fingerprint density at radius 1 is 1.78 bits per heavy atom. The van der Waals surface area contributed by atoms with E-state index in [2.05, 4.69) is 12.6 Å². The lowest BCUT2D eigenvalue weighted by Gasteiger charge is -1.69. The van der Waals surface area contributed by atoms with Crippen LogP contribution in [-0.4, -0.2) is 23.4 Å². The number of thiol groups is 1. The third-order valence-electron chi connectivity index (χ3n) is 0.129. The SMILES string of the molecule is CC(=O)O.Cl.NCCS. The first-order valence-electron chi connectivity index (χ1n) is 2.15. The van der Waals surface area contributed by atoms with Crippen molar-refractivity contribution in [1.82, 2.24) is 0 Å². The summed E-state index contributed by atoms with van der Waals surface area (Å²) in [4.78, 5) is 9.00. The van der Waals surface area contributed by atoms with Gasteiger partial charge in [0.05, 0.1) is 0 Å². The van der Waals surface area contributed by atoms with Crippen LogP contribution in [0.1, 0.15) is 6.92 Å². The van der Waals surface area contributed by atoms with Crippen molar-refractivity contribution >= 4 is 31.0 Å². The normalized spacial score (nSPS) is 6.11.